The second-order valence-corrected chi connectivity index (χ2v) is 5.21. The van der Waals surface area contributed by atoms with Gasteiger partial charge in [-0.15, -0.1) is 0 Å². The fraction of sp³-hybridized carbons (Fsp3) is 0.625. The average molecular weight is 248 g/mol. The van der Waals surface area contributed by atoms with Crippen LogP contribution in [-0.2, 0) is 6.42 Å². The lowest BCUT2D eigenvalue weighted by atomic mass is 9.87. The van der Waals surface area contributed by atoms with Gasteiger partial charge in [0.15, 0.2) is 0 Å². The summed E-state index contributed by atoms with van der Waals surface area (Å²) in [6, 6.07) is 8.99. The van der Waals surface area contributed by atoms with Crippen LogP contribution in [0.5, 0.6) is 0 Å². The topological polar surface area (TPSA) is 38.0 Å². The Morgan fingerprint density at radius 1 is 1.22 bits per heavy atom. The van der Waals surface area contributed by atoms with Gasteiger partial charge in [0.2, 0.25) is 0 Å². The van der Waals surface area contributed by atoms with Crippen molar-refractivity contribution in [3.63, 3.8) is 0 Å². The number of hydrogen-bond acceptors (Lipinski definition) is 2. The molecule has 2 unspecified atom stereocenters. The van der Waals surface area contributed by atoms with Crippen molar-refractivity contribution in [2.45, 2.75) is 58.9 Å². The molecule has 1 aromatic rings. The van der Waals surface area contributed by atoms with Crippen molar-refractivity contribution < 1.29 is 0 Å². The van der Waals surface area contributed by atoms with Gasteiger partial charge < -0.3 is 0 Å². The Hall–Kier alpha value is -0.860. The molecule has 0 aliphatic heterocycles. The first kappa shape index (κ1) is 15.2. The molecule has 0 radical (unpaired) electrons. The SMILES string of the molecule is CCCCC(CC)C(Cc1ccccc1C)NN. The normalized spacial score (nSPS) is 14.4. The van der Waals surface area contributed by atoms with Gasteiger partial charge in [-0.3, -0.25) is 11.3 Å². The number of benzene rings is 1. The molecule has 0 fully saturated rings. The Morgan fingerprint density at radius 2 is 1.94 bits per heavy atom. The highest BCUT2D eigenvalue weighted by Crippen LogP contribution is 2.21. The summed E-state index contributed by atoms with van der Waals surface area (Å²) in [7, 11) is 0. The van der Waals surface area contributed by atoms with E-state index in [1.165, 1.54) is 36.8 Å². The highest BCUT2D eigenvalue weighted by Gasteiger charge is 2.19. The first-order valence-corrected chi connectivity index (χ1v) is 7.23. The van der Waals surface area contributed by atoms with Crippen LogP contribution in [0.3, 0.4) is 0 Å². The van der Waals surface area contributed by atoms with Crippen LogP contribution in [0, 0.1) is 12.8 Å². The number of hydrazine groups is 1. The Labute approximate surface area is 112 Å². The molecular weight excluding hydrogens is 220 g/mol. The molecular formula is C16H28N2. The lowest BCUT2D eigenvalue weighted by molar-refractivity contribution is 0.318. The minimum absolute atomic E-state index is 0.391. The van der Waals surface area contributed by atoms with Crippen molar-refractivity contribution in [3.8, 4) is 0 Å². The molecule has 0 aliphatic rings. The highest BCUT2D eigenvalue weighted by atomic mass is 15.2. The van der Waals surface area contributed by atoms with Crippen LogP contribution >= 0.6 is 0 Å². The summed E-state index contributed by atoms with van der Waals surface area (Å²) < 4.78 is 0. The summed E-state index contributed by atoms with van der Waals surface area (Å²) in [5.41, 5.74) is 5.81. The van der Waals surface area contributed by atoms with Crippen molar-refractivity contribution in [2.75, 3.05) is 0 Å². The van der Waals surface area contributed by atoms with Crippen molar-refractivity contribution in [1.82, 2.24) is 5.43 Å². The van der Waals surface area contributed by atoms with Crippen molar-refractivity contribution in [3.05, 3.63) is 35.4 Å². The summed E-state index contributed by atoms with van der Waals surface area (Å²) in [4.78, 5) is 0. The average Bonchev–Trinajstić information content (AvgIpc) is 2.40. The van der Waals surface area contributed by atoms with Crippen LogP contribution in [0.15, 0.2) is 24.3 Å². The molecule has 0 saturated heterocycles. The first-order chi connectivity index (χ1) is 8.72. The molecule has 0 aromatic heterocycles. The summed E-state index contributed by atoms with van der Waals surface area (Å²) in [6.07, 6.45) is 6.06. The molecule has 0 spiro atoms. The molecule has 1 aromatic carbocycles. The number of unbranched alkanes of at least 4 members (excludes halogenated alkanes) is 1. The minimum Gasteiger partial charge on any atom is -0.271 e. The Bertz CT molecular complexity index is 336. The van der Waals surface area contributed by atoms with E-state index in [0.29, 0.717) is 12.0 Å². The zero-order valence-corrected chi connectivity index (χ0v) is 12.1. The van der Waals surface area contributed by atoms with E-state index in [1.807, 2.05) is 0 Å². The van der Waals surface area contributed by atoms with Crippen LogP contribution < -0.4 is 11.3 Å². The molecule has 1 rings (SSSR count). The van der Waals surface area contributed by atoms with E-state index in [1.54, 1.807) is 0 Å². The summed E-state index contributed by atoms with van der Waals surface area (Å²) in [5.74, 6) is 6.44. The number of rotatable bonds is 8. The van der Waals surface area contributed by atoms with Gasteiger partial charge in [0.05, 0.1) is 0 Å². The summed E-state index contributed by atoms with van der Waals surface area (Å²) in [6.45, 7) is 6.69. The van der Waals surface area contributed by atoms with E-state index in [-0.39, 0.29) is 0 Å². The molecule has 102 valence electrons. The van der Waals surface area contributed by atoms with E-state index in [4.69, 9.17) is 5.84 Å². The Balaban J connectivity index is 2.67. The molecule has 0 aliphatic carbocycles. The van der Waals surface area contributed by atoms with Gasteiger partial charge in [-0.25, -0.2) is 0 Å². The standard InChI is InChI=1S/C16H28N2/c1-4-6-10-14(5-2)16(18-17)12-15-11-8-7-9-13(15)3/h7-9,11,14,16,18H,4-6,10,12,17H2,1-3H3. The van der Waals surface area contributed by atoms with E-state index in [2.05, 4.69) is 50.5 Å². The predicted molar refractivity (Wildman–Crippen MR) is 79.3 cm³/mol. The van der Waals surface area contributed by atoms with Gasteiger partial charge >= 0.3 is 0 Å². The van der Waals surface area contributed by atoms with Gasteiger partial charge in [0, 0.05) is 6.04 Å². The Kier molecular flexibility index (Phi) is 6.99. The molecule has 0 saturated carbocycles. The maximum Gasteiger partial charge on any atom is 0.0279 e. The first-order valence-electron chi connectivity index (χ1n) is 7.23. The zero-order valence-electron chi connectivity index (χ0n) is 12.1. The predicted octanol–water partition coefficient (Wildman–Crippen LogP) is 3.59. The lowest BCUT2D eigenvalue weighted by Gasteiger charge is -2.26. The number of aryl methyl sites for hydroxylation is 1. The molecule has 2 atom stereocenters. The number of nitrogens with two attached hydrogens (primary N) is 1. The van der Waals surface area contributed by atoms with Crippen LogP contribution in [0.2, 0.25) is 0 Å². The van der Waals surface area contributed by atoms with Gasteiger partial charge in [-0.1, -0.05) is 57.4 Å². The smallest absolute Gasteiger partial charge is 0.0279 e. The minimum atomic E-state index is 0.391. The third-order valence-electron chi connectivity index (χ3n) is 3.94. The third-order valence-corrected chi connectivity index (χ3v) is 3.94. The second-order valence-electron chi connectivity index (χ2n) is 5.21. The fourth-order valence-electron chi connectivity index (χ4n) is 2.59. The summed E-state index contributed by atoms with van der Waals surface area (Å²) in [5, 5.41) is 0. The molecule has 0 heterocycles. The molecule has 0 bridgehead atoms. The quantitative estimate of drug-likeness (QED) is 0.545. The summed E-state index contributed by atoms with van der Waals surface area (Å²) >= 11 is 0. The van der Waals surface area contributed by atoms with Crippen LogP contribution in [0.4, 0.5) is 0 Å². The lowest BCUT2D eigenvalue weighted by Crippen LogP contribution is -2.42. The van der Waals surface area contributed by atoms with Crippen molar-refractivity contribution >= 4 is 0 Å². The van der Waals surface area contributed by atoms with Gasteiger partial charge in [-0.2, -0.15) is 0 Å². The van der Waals surface area contributed by atoms with Gasteiger partial charge in [-0.05, 0) is 36.8 Å². The molecule has 2 nitrogen and oxygen atoms in total. The second kappa shape index (κ2) is 8.28. The molecule has 0 amide bonds. The van der Waals surface area contributed by atoms with Crippen LogP contribution in [0.1, 0.15) is 50.7 Å². The van der Waals surface area contributed by atoms with Gasteiger partial charge in [0.1, 0.15) is 0 Å². The number of nitrogens with one attached hydrogen (secondary N) is 1. The van der Waals surface area contributed by atoms with E-state index < -0.39 is 0 Å². The van der Waals surface area contributed by atoms with Gasteiger partial charge in [0.25, 0.3) is 0 Å². The van der Waals surface area contributed by atoms with Crippen molar-refractivity contribution in [1.29, 1.82) is 0 Å². The zero-order chi connectivity index (χ0) is 13.4. The van der Waals surface area contributed by atoms with E-state index in [9.17, 15) is 0 Å². The highest BCUT2D eigenvalue weighted by molar-refractivity contribution is 5.26. The van der Waals surface area contributed by atoms with Crippen LogP contribution in [0.25, 0.3) is 0 Å². The monoisotopic (exact) mass is 248 g/mol. The van der Waals surface area contributed by atoms with E-state index in [0.717, 1.165) is 6.42 Å². The third kappa shape index (κ3) is 4.43. The molecule has 2 heteroatoms. The molecule has 18 heavy (non-hydrogen) atoms. The largest absolute Gasteiger partial charge is 0.271 e. The maximum absolute atomic E-state index is 5.77. The van der Waals surface area contributed by atoms with Crippen molar-refractivity contribution in [2.24, 2.45) is 11.8 Å². The molecule has 3 N–H and O–H groups in total. The van der Waals surface area contributed by atoms with E-state index >= 15 is 0 Å². The maximum atomic E-state index is 5.77. The Morgan fingerprint density at radius 3 is 2.50 bits per heavy atom. The fourth-order valence-corrected chi connectivity index (χ4v) is 2.59. The van der Waals surface area contributed by atoms with Crippen LogP contribution in [-0.4, -0.2) is 6.04 Å². The number of hydrogen-bond donors (Lipinski definition) is 2.